The van der Waals surface area contributed by atoms with E-state index in [1.54, 1.807) is 0 Å². The van der Waals surface area contributed by atoms with Crippen LogP contribution >= 0.6 is 0 Å². The monoisotopic (exact) mass is 293 g/mol. The van der Waals surface area contributed by atoms with E-state index in [4.69, 9.17) is 9.72 Å². The molecule has 0 bridgehead atoms. The lowest BCUT2D eigenvalue weighted by atomic mass is 10.2. The van der Waals surface area contributed by atoms with Crippen molar-refractivity contribution in [2.75, 3.05) is 37.7 Å². The molecule has 1 aromatic rings. The Morgan fingerprint density at radius 1 is 1.19 bits per heavy atom. The summed E-state index contributed by atoms with van der Waals surface area (Å²) in [6.07, 6.45) is 2.13. The molecule has 0 unspecified atom stereocenters. The molecule has 1 N–H and O–H groups in total. The highest BCUT2D eigenvalue weighted by molar-refractivity contribution is 5.42. The van der Waals surface area contributed by atoms with Gasteiger partial charge >= 0.3 is 0 Å². The van der Waals surface area contributed by atoms with Gasteiger partial charge in [0.15, 0.2) is 0 Å². The quantitative estimate of drug-likeness (QED) is 0.636. The average Bonchev–Trinajstić information content (AvgIpc) is 2.51. The highest BCUT2D eigenvalue weighted by Crippen LogP contribution is 2.16. The third-order valence-corrected chi connectivity index (χ3v) is 3.46. The Morgan fingerprint density at radius 2 is 2.00 bits per heavy atom. The van der Waals surface area contributed by atoms with E-state index in [0.29, 0.717) is 0 Å². The number of rotatable bonds is 11. The number of hydrogen-bond acceptors (Lipinski definition) is 4. The van der Waals surface area contributed by atoms with E-state index in [1.165, 1.54) is 5.56 Å². The van der Waals surface area contributed by atoms with E-state index in [2.05, 4.69) is 43.1 Å². The molecule has 4 nitrogen and oxygen atoms in total. The molecule has 4 heteroatoms. The van der Waals surface area contributed by atoms with Gasteiger partial charge in [-0.3, -0.25) is 0 Å². The summed E-state index contributed by atoms with van der Waals surface area (Å²) in [6.45, 7) is 13.9. The molecule has 1 rings (SSSR count). The summed E-state index contributed by atoms with van der Waals surface area (Å²) in [6, 6.07) is 4.42. The molecule has 120 valence electrons. The van der Waals surface area contributed by atoms with E-state index in [9.17, 15) is 0 Å². The van der Waals surface area contributed by atoms with Crippen molar-refractivity contribution in [1.29, 1.82) is 0 Å². The summed E-state index contributed by atoms with van der Waals surface area (Å²) in [4.78, 5) is 7.06. The molecule has 1 heterocycles. The minimum atomic E-state index is 0.756. The van der Waals surface area contributed by atoms with E-state index < -0.39 is 0 Å². The van der Waals surface area contributed by atoms with Crippen molar-refractivity contribution < 1.29 is 4.74 Å². The second-order valence-electron chi connectivity index (χ2n) is 5.13. The van der Waals surface area contributed by atoms with E-state index in [1.807, 2.05) is 6.92 Å². The zero-order valence-electron chi connectivity index (χ0n) is 14.1. The first-order chi connectivity index (χ1) is 10.2. The summed E-state index contributed by atoms with van der Waals surface area (Å²) in [5.74, 6) is 1.07. The van der Waals surface area contributed by atoms with Gasteiger partial charge in [0.05, 0.1) is 6.61 Å². The van der Waals surface area contributed by atoms with Crippen LogP contribution in [0.3, 0.4) is 0 Å². The highest BCUT2D eigenvalue weighted by Gasteiger charge is 2.09. The number of nitrogens with one attached hydrogen (secondary N) is 1. The Kier molecular flexibility index (Phi) is 9.02. The number of anilines is 1. The van der Waals surface area contributed by atoms with Crippen molar-refractivity contribution in [2.45, 2.75) is 47.1 Å². The molecule has 0 atom stereocenters. The molecule has 0 aliphatic rings. The lowest BCUT2D eigenvalue weighted by Gasteiger charge is -2.23. The van der Waals surface area contributed by atoms with Crippen molar-refractivity contribution in [2.24, 2.45) is 0 Å². The molecule has 0 aromatic carbocycles. The maximum Gasteiger partial charge on any atom is 0.129 e. The fourth-order valence-corrected chi connectivity index (χ4v) is 2.24. The lowest BCUT2D eigenvalue weighted by molar-refractivity contribution is 0.154. The predicted octanol–water partition coefficient (Wildman–Crippen LogP) is 3.01. The predicted molar refractivity (Wildman–Crippen MR) is 90.0 cm³/mol. The molecule has 0 aliphatic carbocycles. The van der Waals surface area contributed by atoms with Crippen LogP contribution in [0.4, 0.5) is 5.82 Å². The molecule has 1 aromatic heterocycles. The first-order valence-electron chi connectivity index (χ1n) is 8.28. The van der Waals surface area contributed by atoms with Gasteiger partial charge in [-0.2, -0.15) is 0 Å². The molecular formula is C17H31N3O. The van der Waals surface area contributed by atoms with Gasteiger partial charge in [0.25, 0.3) is 0 Å². The van der Waals surface area contributed by atoms with E-state index >= 15 is 0 Å². The van der Waals surface area contributed by atoms with Gasteiger partial charge in [-0.1, -0.05) is 13.8 Å². The molecule has 0 radical (unpaired) electrons. The number of ether oxygens (including phenoxy) is 1. The van der Waals surface area contributed by atoms with Crippen LogP contribution in [-0.4, -0.2) is 37.8 Å². The molecule has 0 fully saturated rings. The number of aryl methyl sites for hydroxylation is 1. The maximum absolute atomic E-state index is 5.47. The standard InChI is InChI=1S/C17H31N3O/c1-5-9-18-14-15-12-16(6-2)19-17(13-15)20(7-3)10-11-21-8-4/h12-13,18H,5-11,14H2,1-4H3. The Hall–Kier alpha value is -1.13. The largest absolute Gasteiger partial charge is 0.380 e. The van der Waals surface area contributed by atoms with Gasteiger partial charge in [-0.15, -0.1) is 0 Å². The maximum atomic E-state index is 5.47. The topological polar surface area (TPSA) is 37.4 Å². The Bertz CT molecular complexity index is 396. The summed E-state index contributed by atoms with van der Waals surface area (Å²) in [7, 11) is 0. The van der Waals surface area contributed by atoms with Crippen molar-refractivity contribution in [1.82, 2.24) is 10.3 Å². The smallest absolute Gasteiger partial charge is 0.129 e. The van der Waals surface area contributed by atoms with E-state index in [-0.39, 0.29) is 0 Å². The van der Waals surface area contributed by atoms with Gasteiger partial charge < -0.3 is 15.0 Å². The normalized spacial score (nSPS) is 10.9. The summed E-state index contributed by atoms with van der Waals surface area (Å²) in [5, 5.41) is 3.47. The van der Waals surface area contributed by atoms with Gasteiger partial charge in [0.1, 0.15) is 5.82 Å². The minimum absolute atomic E-state index is 0.756. The number of hydrogen-bond donors (Lipinski definition) is 1. The van der Waals surface area contributed by atoms with Gasteiger partial charge in [-0.05, 0) is 50.9 Å². The molecule has 21 heavy (non-hydrogen) atoms. The SMILES string of the molecule is CCCNCc1cc(CC)nc(N(CC)CCOCC)c1. The van der Waals surface area contributed by atoms with Crippen LogP contribution in [0.5, 0.6) is 0 Å². The van der Waals surface area contributed by atoms with Gasteiger partial charge in [0.2, 0.25) is 0 Å². The minimum Gasteiger partial charge on any atom is -0.380 e. The number of nitrogens with zero attached hydrogens (tertiary/aromatic N) is 2. The molecule has 0 saturated carbocycles. The average molecular weight is 293 g/mol. The van der Waals surface area contributed by atoms with Crippen molar-refractivity contribution >= 4 is 5.82 Å². The Balaban J connectivity index is 2.79. The summed E-state index contributed by atoms with van der Waals surface area (Å²) < 4.78 is 5.47. The van der Waals surface area contributed by atoms with Crippen LogP contribution in [0.2, 0.25) is 0 Å². The second kappa shape index (κ2) is 10.6. The molecule has 0 amide bonds. The first-order valence-corrected chi connectivity index (χ1v) is 8.28. The Morgan fingerprint density at radius 3 is 2.62 bits per heavy atom. The van der Waals surface area contributed by atoms with Crippen LogP contribution < -0.4 is 10.2 Å². The number of likely N-dealkylation sites (N-methyl/N-ethyl adjacent to an activating group) is 1. The number of aromatic nitrogens is 1. The lowest BCUT2D eigenvalue weighted by Crippen LogP contribution is -2.28. The van der Waals surface area contributed by atoms with Crippen LogP contribution in [0, 0.1) is 0 Å². The van der Waals surface area contributed by atoms with Crippen LogP contribution in [0.25, 0.3) is 0 Å². The molecule has 0 saturated heterocycles. The van der Waals surface area contributed by atoms with Gasteiger partial charge in [-0.25, -0.2) is 4.98 Å². The van der Waals surface area contributed by atoms with Crippen molar-refractivity contribution in [3.05, 3.63) is 23.4 Å². The molecule has 0 spiro atoms. The zero-order valence-corrected chi connectivity index (χ0v) is 14.1. The third kappa shape index (κ3) is 6.44. The zero-order chi connectivity index (χ0) is 15.5. The fourth-order valence-electron chi connectivity index (χ4n) is 2.24. The third-order valence-electron chi connectivity index (χ3n) is 3.46. The van der Waals surface area contributed by atoms with Crippen LogP contribution in [0.15, 0.2) is 12.1 Å². The van der Waals surface area contributed by atoms with Crippen molar-refractivity contribution in [3.63, 3.8) is 0 Å². The Labute approximate surface area is 129 Å². The van der Waals surface area contributed by atoms with E-state index in [0.717, 1.165) is 63.7 Å². The number of pyridine rings is 1. The van der Waals surface area contributed by atoms with Crippen LogP contribution in [-0.2, 0) is 17.7 Å². The van der Waals surface area contributed by atoms with Crippen molar-refractivity contribution in [3.8, 4) is 0 Å². The van der Waals surface area contributed by atoms with Gasteiger partial charge in [0, 0.05) is 31.9 Å². The molecule has 0 aliphatic heterocycles. The summed E-state index contributed by atoms with van der Waals surface area (Å²) in [5.41, 5.74) is 2.48. The fraction of sp³-hybridized carbons (Fsp3) is 0.706. The van der Waals surface area contributed by atoms with Crippen LogP contribution in [0.1, 0.15) is 45.4 Å². The second-order valence-corrected chi connectivity index (χ2v) is 5.13. The first kappa shape index (κ1) is 17.9. The molecular weight excluding hydrogens is 262 g/mol. The highest BCUT2D eigenvalue weighted by atomic mass is 16.5. The summed E-state index contributed by atoms with van der Waals surface area (Å²) >= 11 is 0.